The van der Waals surface area contributed by atoms with Crippen molar-refractivity contribution in [3.63, 3.8) is 0 Å². The predicted molar refractivity (Wildman–Crippen MR) is 91.5 cm³/mol. The molecule has 130 valence electrons. The summed E-state index contributed by atoms with van der Waals surface area (Å²) in [5.74, 6) is -1.19. The summed E-state index contributed by atoms with van der Waals surface area (Å²) in [5.41, 5.74) is 7.14. The van der Waals surface area contributed by atoms with Crippen LogP contribution in [0.3, 0.4) is 0 Å². The van der Waals surface area contributed by atoms with Crippen LogP contribution in [0.5, 0.6) is 0 Å². The Balaban J connectivity index is 2.29. The lowest BCUT2D eigenvalue weighted by atomic mass is 10.1. The van der Waals surface area contributed by atoms with E-state index in [1.165, 1.54) is 19.2 Å². The summed E-state index contributed by atoms with van der Waals surface area (Å²) in [6, 6.07) is 9.14. The van der Waals surface area contributed by atoms with Crippen molar-refractivity contribution in [3.05, 3.63) is 68.8 Å². The number of nitrogens with one attached hydrogen (secondary N) is 1. The maximum Gasteiger partial charge on any atom is 0.338 e. The van der Waals surface area contributed by atoms with E-state index in [2.05, 4.69) is 5.32 Å². The summed E-state index contributed by atoms with van der Waals surface area (Å²) in [6.45, 7) is 1.89. The second-order valence-corrected chi connectivity index (χ2v) is 5.29. The molecule has 3 N–H and O–H groups in total. The van der Waals surface area contributed by atoms with E-state index in [4.69, 9.17) is 10.5 Å². The summed E-state index contributed by atoms with van der Waals surface area (Å²) < 4.78 is 4.72. The van der Waals surface area contributed by atoms with Gasteiger partial charge in [0.25, 0.3) is 5.69 Å². The number of methoxy groups -OCH3 is 1. The van der Waals surface area contributed by atoms with E-state index >= 15 is 0 Å². The lowest BCUT2D eigenvalue weighted by Crippen LogP contribution is -2.12. The Labute approximate surface area is 143 Å². The molecule has 25 heavy (non-hydrogen) atoms. The topological polar surface area (TPSA) is 125 Å². The molecule has 0 radical (unpaired) electrons. The molecule has 0 saturated carbocycles. The van der Waals surface area contributed by atoms with Crippen LogP contribution < -0.4 is 11.1 Å². The first-order valence-corrected chi connectivity index (χ1v) is 7.34. The van der Waals surface area contributed by atoms with Crippen molar-refractivity contribution in [1.82, 2.24) is 0 Å². The second-order valence-electron chi connectivity index (χ2n) is 5.29. The molecule has 2 aromatic rings. The van der Waals surface area contributed by atoms with Gasteiger partial charge in [-0.1, -0.05) is 6.07 Å². The van der Waals surface area contributed by atoms with Crippen molar-refractivity contribution < 1.29 is 19.2 Å². The third-order valence-electron chi connectivity index (χ3n) is 3.77. The minimum Gasteiger partial charge on any atom is -0.465 e. The Kier molecular flexibility index (Phi) is 5.33. The Bertz CT molecular complexity index is 848. The lowest BCUT2D eigenvalue weighted by Gasteiger charge is -2.12. The van der Waals surface area contributed by atoms with Gasteiger partial charge in [0, 0.05) is 29.4 Å². The number of ether oxygens (including phenoxy) is 1. The van der Waals surface area contributed by atoms with Gasteiger partial charge in [-0.15, -0.1) is 0 Å². The number of nitrogens with two attached hydrogens (primary N) is 1. The zero-order chi connectivity index (χ0) is 18.6. The highest BCUT2D eigenvalue weighted by Crippen LogP contribution is 2.24. The van der Waals surface area contributed by atoms with Gasteiger partial charge < -0.3 is 15.8 Å². The zero-order valence-corrected chi connectivity index (χ0v) is 13.7. The van der Waals surface area contributed by atoms with Gasteiger partial charge in [-0.2, -0.15) is 0 Å². The molecule has 0 saturated heterocycles. The molecule has 8 heteroatoms. The number of amides is 1. The number of rotatable bonds is 6. The van der Waals surface area contributed by atoms with Gasteiger partial charge >= 0.3 is 5.97 Å². The van der Waals surface area contributed by atoms with E-state index in [-0.39, 0.29) is 17.8 Å². The number of esters is 1. The van der Waals surface area contributed by atoms with E-state index in [9.17, 15) is 19.7 Å². The van der Waals surface area contributed by atoms with Crippen molar-refractivity contribution >= 4 is 23.3 Å². The van der Waals surface area contributed by atoms with E-state index < -0.39 is 16.8 Å². The van der Waals surface area contributed by atoms with Crippen LogP contribution in [-0.2, 0) is 11.3 Å². The number of carbonyl (C=O) groups is 2. The van der Waals surface area contributed by atoms with E-state index in [1.807, 2.05) is 0 Å². The molecule has 0 aliphatic carbocycles. The molecule has 2 rings (SSSR count). The van der Waals surface area contributed by atoms with Crippen molar-refractivity contribution in [2.75, 3.05) is 12.4 Å². The molecule has 0 heterocycles. The summed E-state index contributed by atoms with van der Waals surface area (Å²) in [6.07, 6.45) is 0. The van der Waals surface area contributed by atoms with Crippen LogP contribution in [0.25, 0.3) is 0 Å². The monoisotopic (exact) mass is 343 g/mol. The number of benzene rings is 2. The SMILES string of the molecule is COC(=O)c1cccc(NCc2ccc(C(N)=O)cc2[N+](=O)[O-])c1C. The van der Waals surface area contributed by atoms with Gasteiger partial charge in [0.2, 0.25) is 5.91 Å². The van der Waals surface area contributed by atoms with Gasteiger partial charge in [-0.25, -0.2) is 4.79 Å². The van der Waals surface area contributed by atoms with E-state index in [0.29, 0.717) is 22.4 Å². The Morgan fingerprint density at radius 3 is 2.60 bits per heavy atom. The highest BCUT2D eigenvalue weighted by atomic mass is 16.6. The Hall–Kier alpha value is -3.42. The van der Waals surface area contributed by atoms with Gasteiger partial charge in [0.15, 0.2) is 0 Å². The largest absolute Gasteiger partial charge is 0.465 e. The number of hydrogen-bond donors (Lipinski definition) is 2. The quantitative estimate of drug-likeness (QED) is 0.471. The van der Waals surface area contributed by atoms with E-state index in [0.717, 1.165) is 6.07 Å². The first-order chi connectivity index (χ1) is 11.8. The minimum atomic E-state index is -0.732. The fourth-order valence-electron chi connectivity index (χ4n) is 2.39. The van der Waals surface area contributed by atoms with Crippen LogP contribution in [0, 0.1) is 17.0 Å². The first kappa shape index (κ1) is 17.9. The lowest BCUT2D eigenvalue weighted by molar-refractivity contribution is -0.385. The minimum absolute atomic E-state index is 0.0688. The van der Waals surface area contributed by atoms with E-state index in [1.54, 1.807) is 25.1 Å². The molecular weight excluding hydrogens is 326 g/mol. The van der Waals surface area contributed by atoms with Crippen molar-refractivity contribution in [2.24, 2.45) is 5.73 Å². The van der Waals surface area contributed by atoms with Gasteiger partial charge in [0.05, 0.1) is 17.6 Å². The molecular formula is C17H17N3O5. The van der Waals surface area contributed by atoms with Crippen LogP contribution in [0.1, 0.15) is 31.8 Å². The first-order valence-electron chi connectivity index (χ1n) is 7.34. The average Bonchev–Trinajstić information content (AvgIpc) is 2.59. The maximum atomic E-state index is 11.7. The Morgan fingerprint density at radius 1 is 1.28 bits per heavy atom. The van der Waals surface area contributed by atoms with Gasteiger partial charge in [0.1, 0.15) is 0 Å². The third kappa shape index (κ3) is 3.92. The predicted octanol–water partition coefficient (Wildman–Crippen LogP) is 2.40. The normalized spacial score (nSPS) is 10.2. The molecule has 2 aromatic carbocycles. The van der Waals surface area contributed by atoms with Crippen molar-refractivity contribution in [1.29, 1.82) is 0 Å². The van der Waals surface area contributed by atoms with Crippen LogP contribution >= 0.6 is 0 Å². The van der Waals surface area contributed by atoms with Gasteiger partial charge in [-0.3, -0.25) is 14.9 Å². The molecule has 0 bridgehead atoms. The molecule has 8 nitrogen and oxygen atoms in total. The third-order valence-corrected chi connectivity index (χ3v) is 3.77. The number of nitrogens with zero attached hydrogens (tertiary/aromatic N) is 1. The van der Waals surface area contributed by atoms with Gasteiger partial charge in [-0.05, 0) is 36.8 Å². The zero-order valence-electron chi connectivity index (χ0n) is 13.7. The number of anilines is 1. The fourth-order valence-corrected chi connectivity index (χ4v) is 2.39. The highest BCUT2D eigenvalue weighted by molar-refractivity contribution is 5.94. The molecule has 0 aliphatic rings. The number of nitro groups is 1. The summed E-state index contributed by atoms with van der Waals surface area (Å²) >= 11 is 0. The Morgan fingerprint density at radius 2 is 2.00 bits per heavy atom. The summed E-state index contributed by atoms with van der Waals surface area (Å²) in [7, 11) is 1.30. The maximum absolute atomic E-state index is 11.7. The second kappa shape index (κ2) is 7.43. The number of carbonyl (C=O) groups excluding carboxylic acids is 2. The number of hydrogen-bond acceptors (Lipinski definition) is 6. The summed E-state index contributed by atoms with van der Waals surface area (Å²) in [5, 5.41) is 14.3. The molecule has 0 spiro atoms. The molecule has 0 fully saturated rings. The number of nitro benzene ring substituents is 1. The molecule has 1 amide bonds. The molecule has 0 atom stereocenters. The fraction of sp³-hybridized carbons (Fsp3) is 0.176. The molecule has 0 unspecified atom stereocenters. The van der Waals surface area contributed by atoms with Crippen LogP contribution in [0.4, 0.5) is 11.4 Å². The molecule has 0 aliphatic heterocycles. The standard InChI is InChI=1S/C17H17N3O5/c1-10-13(17(22)25-2)4-3-5-14(10)19-9-12-7-6-11(16(18)21)8-15(12)20(23)24/h3-8,19H,9H2,1-2H3,(H2,18,21). The number of primary amides is 1. The molecule has 0 aromatic heterocycles. The van der Waals surface area contributed by atoms with Crippen molar-refractivity contribution in [3.8, 4) is 0 Å². The van der Waals surface area contributed by atoms with Crippen molar-refractivity contribution in [2.45, 2.75) is 13.5 Å². The summed E-state index contributed by atoms with van der Waals surface area (Å²) in [4.78, 5) is 33.6. The smallest absolute Gasteiger partial charge is 0.338 e. The van der Waals surface area contributed by atoms with Crippen LogP contribution in [0.2, 0.25) is 0 Å². The average molecular weight is 343 g/mol. The van der Waals surface area contributed by atoms with Crippen LogP contribution in [-0.4, -0.2) is 23.9 Å². The van der Waals surface area contributed by atoms with Crippen LogP contribution in [0.15, 0.2) is 36.4 Å². The highest BCUT2D eigenvalue weighted by Gasteiger charge is 2.17.